The number of likely N-dealkylation sites (N-methyl/N-ethyl adjacent to an activating group) is 2. The van der Waals surface area contributed by atoms with E-state index in [2.05, 4.69) is 18.3 Å². The zero-order valence-corrected chi connectivity index (χ0v) is 18.5. The highest BCUT2D eigenvalue weighted by Gasteiger charge is 2.33. The smallest absolute Gasteiger partial charge is 0.276 e. The number of nitrogens with zero attached hydrogens (tertiary/aromatic N) is 3. The minimum absolute atomic E-state index is 0.117. The highest BCUT2D eigenvalue weighted by molar-refractivity contribution is 7.80. The lowest BCUT2D eigenvalue weighted by atomic mass is 10.1. The molecule has 1 aromatic carbocycles. The van der Waals surface area contributed by atoms with Crippen LogP contribution in [0.3, 0.4) is 0 Å². The van der Waals surface area contributed by atoms with Crippen LogP contribution < -0.4 is 5.32 Å². The molecule has 0 atom stereocenters. The van der Waals surface area contributed by atoms with E-state index in [9.17, 15) is 9.59 Å². The Bertz CT molecular complexity index is 1190. The van der Waals surface area contributed by atoms with Gasteiger partial charge in [-0.05, 0) is 42.4 Å². The summed E-state index contributed by atoms with van der Waals surface area (Å²) in [4.78, 5) is 28.4. The zero-order valence-electron chi connectivity index (χ0n) is 17.7. The van der Waals surface area contributed by atoms with Crippen LogP contribution in [0.2, 0.25) is 0 Å². The van der Waals surface area contributed by atoms with Crippen molar-refractivity contribution in [1.82, 2.24) is 19.7 Å². The van der Waals surface area contributed by atoms with Gasteiger partial charge in [0, 0.05) is 31.2 Å². The molecule has 0 spiro atoms. The van der Waals surface area contributed by atoms with Gasteiger partial charge in [-0.15, -0.1) is 0 Å². The fourth-order valence-corrected chi connectivity index (χ4v) is 4.02. The molecule has 0 radical (unpaired) electrons. The maximum absolute atomic E-state index is 12.6. The third kappa shape index (κ3) is 3.86. The summed E-state index contributed by atoms with van der Waals surface area (Å²) in [5, 5.41) is 4.35. The Labute approximate surface area is 185 Å². The number of furan rings is 1. The number of rotatable bonds is 6. The van der Waals surface area contributed by atoms with Gasteiger partial charge < -0.3 is 19.2 Å². The summed E-state index contributed by atoms with van der Waals surface area (Å²) < 4.78 is 7.22. The first-order chi connectivity index (χ1) is 14.9. The van der Waals surface area contributed by atoms with E-state index < -0.39 is 0 Å². The molecule has 1 aliphatic rings. The molecular weight excluding hydrogens is 412 g/mol. The van der Waals surface area contributed by atoms with E-state index in [4.69, 9.17) is 16.6 Å². The van der Waals surface area contributed by atoms with Gasteiger partial charge >= 0.3 is 0 Å². The van der Waals surface area contributed by atoms with E-state index in [-0.39, 0.29) is 18.4 Å². The van der Waals surface area contributed by atoms with E-state index in [1.54, 1.807) is 31.3 Å². The fourth-order valence-electron chi connectivity index (χ4n) is 3.84. The van der Waals surface area contributed by atoms with Crippen molar-refractivity contribution in [3.05, 3.63) is 65.4 Å². The molecule has 160 valence electrons. The molecule has 1 aliphatic heterocycles. The molecule has 2 aromatic heterocycles. The van der Waals surface area contributed by atoms with Crippen molar-refractivity contribution in [3.63, 3.8) is 0 Å². The Hall–Kier alpha value is -3.39. The van der Waals surface area contributed by atoms with Crippen molar-refractivity contribution in [2.75, 3.05) is 14.1 Å². The molecule has 31 heavy (non-hydrogen) atoms. The van der Waals surface area contributed by atoms with Gasteiger partial charge in [-0.2, -0.15) is 0 Å². The SMILES string of the molecule is CCc1cccc2c(/C=C3/C(=O)N(C)C(=S)N3C)cn(CC(=O)NCc3ccco3)c12. The van der Waals surface area contributed by atoms with E-state index in [1.807, 2.05) is 35.0 Å². The minimum Gasteiger partial charge on any atom is -0.467 e. The predicted octanol–water partition coefficient (Wildman–Crippen LogP) is 3.14. The maximum Gasteiger partial charge on any atom is 0.276 e. The van der Waals surface area contributed by atoms with Crippen molar-refractivity contribution in [1.29, 1.82) is 0 Å². The summed E-state index contributed by atoms with van der Waals surface area (Å²) in [5.74, 6) is 0.442. The standard InChI is InChI=1S/C23H24N4O3S/c1-4-15-7-5-9-18-16(11-19-22(29)26(3)23(31)25(19)2)13-27(21(15)18)14-20(28)24-12-17-8-6-10-30-17/h5-11,13H,4,12,14H2,1-3H3,(H,24,28)/b19-11-. The number of aryl methyl sites for hydroxylation is 1. The Kier molecular flexibility index (Phi) is 5.65. The molecule has 0 bridgehead atoms. The van der Waals surface area contributed by atoms with E-state index >= 15 is 0 Å². The van der Waals surface area contributed by atoms with Crippen LogP contribution in [0.25, 0.3) is 17.0 Å². The lowest BCUT2D eigenvalue weighted by Crippen LogP contribution is -2.26. The molecule has 0 aliphatic carbocycles. The van der Waals surface area contributed by atoms with Gasteiger partial charge in [0.1, 0.15) is 18.0 Å². The number of hydrogen-bond donors (Lipinski definition) is 1. The Morgan fingerprint density at radius 3 is 2.65 bits per heavy atom. The van der Waals surface area contributed by atoms with E-state index in [1.165, 1.54) is 4.90 Å². The normalized spacial score (nSPS) is 15.5. The van der Waals surface area contributed by atoms with Crippen molar-refractivity contribution in [2.45, 2.75) is 26.4 Å². The second-order valence-corrected chi connectivity index (χ2v) is 7.84. The molecule has 7 nitrogen and oxygen atoms in total. The fraction of sp³-hybridized carbons (Fsp3) is 0.261. The first-order valence-corrected chi connectivity index (χ1v) is 10.5. The van der Waals surface area contributed by atoms with Crippen LogP contribution in [0.4, 0.5) is 0 Å². The minimum atomic E-state index is -0.142. The average molecular weight is 437 g/mol. The van der Waals surface area contributed by atoms with Gasteiger partial charge in [0.05, 0.1) is 18.3 Å². The molecule has 1 saturated heterocycles. The van der Waals surface area contributed by atoms with Gasteiger partial charge in [0.25, 0.3) is 5.91 Å². The molecule has 1 N–H and O–H groups in total. The van der Waals surface area contributed by atoms with Crippen molar-refractivity contribution >= 4 is 46.1 Å². The number of para-hydroxylation sites is 1. The van der Waals surface area contributed by atoms with Crippen molar-refractivity contribution < 1.29 is 14.0 Å². The van der Waals surface area contributed by atoms with Crippen LogP contribution in [0.15, 0.2) is 52.9 Å². The summed E-state index contributed by atoms with van der Waals surface area (Å²) in [6, 6.07) is 9.69. The molecule has 3 aromatic rings. The molecular formula is C23H24N4O3S. The van der Waals surface area contributed by atoms with Gasteiger partial charge in [0.2, 0.25) is 5.91 Å². The molecule has 3 heterocycles. The third-order valence-corrected chi connectivity index (χ3v) is 6.05. The van der Waals surface area contributed by atoms with E-state index in [0.717, 1.165) is 28.5 Å². The van der Waals surface area contributed by atoms with Crippen LogP contribution in [0.5, 0.6) is 0 Å². The van der Waals surface area contributed by atoms with Crippen LogP contribution in [-0.2, 0) is 29.1 Å². The first-order valence-electron chi connectivity index (χ1n) is 10.1. The second-order valence-electron chi connectivity index (χ2n) is 7.47. The molecule has 1 fully saturated rings. The number of benzene rings is 1. The number of carbonyl (C=O) groups is 2. The van der Waals surface area contributed by atoms with Crippen LogP contribution in [0, 0.1) is 0 Å². The number of thiocarbonyl (C=S) groups is 1. The van der Waals surface area contributed by atoms with Gasteiger partial charge in [-0.25, -0.2) is 0 Å². The first kappa shape index (κ1) is 20.9. The summed E-state index contributed by atoms with van der Waals surface area (Å²) in [5.41, 5.74) is 3.52. The Balaban J connectivity index is 1.69. The number of nitrogens with one attached hydrogen (secondary N) is 1. The van der Waals surface area contributed by atoms with Crippen molar-refractivity contribution in [3.8, 4) is 0 Å². The molecule has 4 rings (SSSR count). The monoisotopic (exact) mass is 436 g/mol. The van der Waals surface area contributed by atoms with Gasteiger partial charge in [0.15, 0.2) is 5.11 Å². The molecule has 2 amide bonds. The average Bonchev–Trinajstić information content (AvgIpc) is 3.45. The quantitative estimate of drug-likeness (QED) is 0.475. The van der Waals surface area contributed by atoms with Crippen LogP contribution in [0.1, 0.15) is 23.8 Å². The number of hydrogen-bond acceptors (Lipinski definition) is 4. The summed E-state index contributed by atoms with van der Waals surface area (Å²) in [6.45, 7) is 2.59. The Morgan fingerprint density at radius 2 is 2.00 bits per heavy atom. The largest absolute Gasteiger partial charge is 0.467 e. The lowest BCUT2D eigenvalue weighted by Gasteiger charge is -2.10. The zero-order chi connectivity index (χ0) is 22.1. The van der Waals surface area contributed by atoms with Gasteiger partial charge in [-0.1, -0.05) is 25.1 Å². The van der Waals surface area contributed by atoms with Crippen LogP contribution >= 0.6 is 12.2 Å². The topological polar surface area (TPSA) is 70.7 Å². The van der Waals surface area contributed by atoms with E-state index in [0.29, 0.717) is 23.1 Å². The number of aromatic nitrogens is 1. The number of amides is 2. The summed E-state index contributed by atoms with van der Waals surface area (Å²) in [6.07, 6.45) is 6.18. The number of fused-ring (bicyclic) bond motifs is 1. The van der Waals surface area contributed by atoms with Crippen molar-refractivity contribution in [2.24, 2.45) is 0 Å². The Morgan fingerprint density at radius 1 is 1.19 bits per heavy atom. The lowest BCUT2D eigenvalue weighted by molar-refractivity contribution is -0.122. The third-order valence-electron chi connectivity index (χ3n) is 5.50. The highest BCUT2D eigenvalue weighted by Crippen LogP contribution is 2.29. The summed E-state index contributed by atoms with van der Waals surface area (Å²) >= 11 is 5.32. The predicted molar refractivity (Wildman–Crippen MR) is 123 cm³/mol. The number of carbonyl (C=O) groups excluding carboxylic acids is 2. The molecule has 0 saturated carbocycles. The van der Waals surface area contributed by atoms with Gasteiger partial charge in [-0.3, -0.25) is 14.5 Å². The van der Waals surface area contributed by atoms with Crippen LogP contribution in [-0.4, -0.2) is 45.4 Å². The second kappa shape index (κ2) is 8.39. The highest BCUT2D eigenvalue weighted by atomic mass is 32.1. The maximum atomic E-state index is 12.6. The molecule has 8 heteroatoms. The summed E-state index contributed by atoms with van der Waals surface area (Å²) in [7, 11) is 3.46. The molecule has 0 unspecified atom stereocenters.